The van der Waals surface area contributed by atoms with Gasteiger partial charge in [0.15, 0.2) is 18.1 Å². The first-order chi connectivity index (χ1) is 14.6. The van der Waals surface area contributed by atoms with Gasteiger partial charge in [-0.05, 0) is 48.0 Å². The molecule has 1 amide bonds. The number of rotatable bonds is 8. The fourth-order valence-electron chi connectivity index (χ4n) is 2.51. The van der Waals surface area contributed by atoms with Gasteiger partial charge in [0.1, 0.15) is 0 Å². The number of anilines is 2. The van der Waals surface area contributed by atoms with E-state index in [9.17, 15) is 4.79 Å². The minimum atomic E-state index is -0.376. The summed E-state index contributed by atoms with van der Waals surface area (Å²) in [6.07, 6.45) is 1.66. The van der Waals surface area contributed by atoms with Gasteiger partial charge in [-0.15, -0.1) is 0 Å². The lowest BCUT2D eigenvalue weighted by Gasteiger charge is -2.12. The van der Waals surface area contributed by atoms with E-state index in [2.05, 4.69) is 15.8 Å². The number of ether oxygens (including phenoxy) is 2. The van der Waals surface area contributed by atoms with Crippen molar-refractivity contribution in [3.8, 4) is 11.5 Å². The second kappa shape index (κ2) is 10.5. The molecule has 0 aliphatic rings. The summed E-state index contributed by atoms with van der Waals surface area (Å²) in [5.41, 5.74) is 5.04. The average Bonchev–Trinajstić information content (AvgIpc) is 2.76. The largest absolute Gasteiger partial charge is 0.493 e. The van der Waals surface area contributed by atoms with Crippen molar-refractivity contribution in [3.63, 3.8) is 0 Å². The lowest BCUT2D eigenvalue weighted by atomic mass is 10.2. The van der Waals surface area contributed by atoms with Crippen molar-refractivity contribution in [2.45, 2.75) is 0 Å². The van der Waals surface area contributed by atoms with Crippen molar-refractivity contribution in [1.82, 2.24) is 0 Å². The SMILES string of the molecule is COc1cc(/C=N/Nc2ccccc2)ccc1OCC(=O)Nc1cccc(Cl)c1Cl. The first kappa shape index (κ1) is 21.5. The molecule has 0 unspecified atom stereocenters. The standard InChI is InChI=1S/C22H19Cl2N3O3/c1-29-20-12-15(13-25-27-16-6-3-2-4-7-16)10-11-19(20)30-14-21(28)26-18-9-5-8-17(23)22(18)24/h2-13,27H,14H2,1H3,(H,26,28)/b25-13+. The Balaban J connectivity index is 1.59. The number of hydrazone groups is 1. The second-order valence-electron chi connectivity index (χ2n) is 6.08. The van der Waals surface area contributed by atoms with Crippen LogP contribution in [0, 0.1) is 0 Å². The number of halogens is 2. The summed E-state index contributed by atoms with van der Waals surface area (Å²) in [6.45, 7) is -0.220. The van der Waals surface area contributed by atoms with Gasteiger partial charge in [-0.1, -0.05) is 47.5 Å². The fraction of sp³-hybridized carbons (Fsp3) is 0.0909. The monoisotopic (exact) mass is 443 g/mol. The third-order valence-electron chi connectivity index (χ3n) is 3.95. The molecule has 0 aromatic heterocycles. The minimum Gasteiger partial charge on any atom is -0.493 e. The zero-order valence-corrected chi connectivity index (χ0v) is 17.6. The average molecular weight is 444 g/mol. The van der Waals surface area contributed by atoms with E-state index < -0.39 is 0 Å². The quantitative estimate of drug-likeness (QED) is 0.357. The van der Waals surface area contributed by atoms with Crippen LogP contribution >= 0.6 is 23.2 Å². The van der Waals surface area contributed by atoms with Crippen LogP contribution in [0.4, 0.5) is 11.4 Å². The van der Waals surface area contributed by atoms with Gasteiger partial charge in [-0.3, -0.25) is 10.2 Å². The predicted molar refractivity (Wildman–Crippen MR) is 121 cm³/mol. The van der Waals surface area contributed by atoms with Crippen molar-refractivity contribution < 1.29 is 14.3 Å². The lowest BCUT2D eigenvalue weighted by molar-refractivity contribution is -0.118. The number of nitrogens with one attached hydrogen (secondary N) is 2. The van der Waals surface area contributed by atoms with Crippen LogP contribution in [0.25, 0.3) is 0 Å². The van der Waals surface area contributed by atoms with E-state index in [1.54, 1.807) is 42.6 Å². The third-order valence-corrected chi connectivity index (χ3v) is 4.77. The Labute approximate surface area is 184 Å². The van der Waals surface area contributed by atoms with Crippen molar-refractivity contribution in [2.75, 3.05) is 24.5 Å². The summed E-state index contributed by atoms with van der Waals surface area (Å²) >= 11 is 12.0. The molecule has 30 heavy (non-hydrogen) atoms. The van der Waals surface area contributed by atoms with Gasteiger partial charge < -0.3 is 14.8 Å². The first-order valence-electron chi connectivity index (χ1n) is 8.95. The van der Waals surface area contributed by atoms with E-state index in [0.717, 1.165) is 11.3 Å². The number of para-hydroxylation sites is 1. The zero-order valence-electron chi connectivity index (χ0n) is 16.1. The maximum atomic E-state index is 12.2. The number of amides is 1. The highest BCUT2D eigenvalue weighted by Gasteiger charge is 2.11. The summed E-state index contributed by atoms with van der Waals surface area (Å²) in [7, 11) is 1.52. The van der Waals surface area contributed by atoms with Crippen LogP contribution in [-0.2, 0) is 4.79 Å². The van der Waals surface area contributed by atoms with Crippen molar-refractivity contribution in [1.29, 1.82) is 0 Å². The van der Waals surface area contributed by atoms with Crippen molar-refractivity contribution in [2.24, 2.45) is 5.10 Å². The Morgan fingerprint density at radius 3 is 2.60 bits per heavy atom. The highest BCUT2D eigenvalue weighted by Crippen LogP contribution is 2.30. The minimum absolute atomic E-state index is 0.220. The van der Waals surface area contributed by atoms with Gasteiger partial charge in [0.25, 0.3) is 5.91 Å². The topological polar surface area (TPSA) is 71.9 Å². The number of nitrogens with zero attached hydrogens (tertiary/aromatic N) is 1. The first-order valence-corrected chi connectivity index (χ1v) is 9.71. The van der Waals surface area contributed by atoms with Crippen LogP contribution in [0.3, 0.4) is 0 Å². The molecule has 2 N–H and O–H groups in total. The lowest BCUT2D eigenvalue weighted by Crippen LogP contribution is -2.20. The van der Waals surface area contributed by atoms with Crippen LogP contribution in [0.5, 0.6) is 11.5 Å². The predicted octanol–water partition coefficient (Wildman–Crippen LogP) is 5.47. The molecule has 0 atom stereocenters. The van der Waals surface area contributed by atoms with Crippen LogP contribution in [0.2, 0.25) is 10.0 Å². The van der Waals surface area contributed by atoms with E-state index in [4.69, 9.17) is 32.7 Å². The van der Waals surface area contributed by atoms with Gasteiger partial charge in [-0.2, -0.15) is 5.10 Å². The van der Waals surface area contributed by atoms with Crippen LogP contribution < -0.4 is 20.2 Å². The molecule has 3 aromatic carbocycles. The molecular weight excluding hydrogens is 425 g/mol. The third kappa shape index (κ3) is 5.89. The van der Waals surface area contributed by atoms with E-state index in [0.29, 0.717) is 22.2 Å². The molecule has 0 aliphatic heterocycles. The molecule has 0 spiro atoms. The van der Waals surface area contributed by atoms with E-state index in [1.165, 1.54) is 7.11 Å². The summed E-state index contributed by atoms with van der Waals surface area (Å²) < 4.78 is 10.9. The molecule has 3 aromatic rings. The molecule has 6 nitrogen and oxygen atoms in total. The molecule has 0 heterocycles. The van der Waals surface area contributed by atoms with Gasteiger partial charge in [-0.25, -0.2) is 0 Å². The van der Waals surface area contributed by atoms with E-state index in [1.807, 2.05) is 30.3 Å². The Bertz CT molecular complexity index is 1040. The molecule has 0 radical (unpaired) electrons. The fourth-order valence-corrected chi connectivity index (χ4v) is 2.86. The molecule has 0 saturated carbocycles. The van der Waals surface area contributed by atoms with Crippen LogP contribution in [0.15, 0.2) is 71.8 Å². The highest BCUT2D eigenvalue weighted by atomic mass is 35.5. The summed E-state index contributed by atoms with van der Waals surface area (Å²) in [6, 6.07) is 19.9. The van der Waals surface area contributed by atoms with Gasteiger partial charge in [0.2, 0.25) is 0 Å². The number of benzene rings is 3. The smallest absolute Gasteiger partial charge is 0.262 e. The number of carbonyl (C=O) groups excluding carboxylic acids is 1. The van der Waals surface area contributed by atoms with E-state index in [-0.39, 0.29) is 17.5 Å². The van der Waals surface area contributed by atoms with Crippen molar-refractivity contribution in [3.05, 3.63) is 82.3 Å². The molecular formula is C22H19Cl2N3O3. The number of hydrogen-bond acceptors (Lipinski definition) is 5. The van der Waals surface area contributed by atoms with Crippen molar-refractivity contribution >= 4 is 46.7 Å². The Morgan fingerprint density at radius 2 is 1.83 bits per heavy atom. The normalized spacial score (nSPS) is 10.6. The Kier molecular flexibility index (Phi) is 7.54. The molecule has 0 bridgehead atoms. The molecule has 0 fully saturated rings. The molecule has 0 saturated heterocycles. The van der Waals surface area contributed by atoms with Crippen LogP contribution in [0.1, 0.15) is 5.56 Å². The second-order valence-corrected chi connectivity index (χ2v) is 6.87. The Hall–Kier alpha value is -3.22. The summed E-state index contributed by atoms with van der Waals surface area (Å²) in [5.74, 6) is 0.532. The van der Waals surface area contributed by atoms with Gasteiger partial charge in [0, 0.05) is 0 Å². The molecule has 154 valence electrons. The van der Waals surface area contributed by atoms with Crippen LogP contribution in [-0.4, -0.2) is 25.8 Å². The van der Waals surface area contributed by atoms with E-state index >= 15 is 0 Å². The summed E-state index contributed by atoms with van der Waals surface area (Å²) in [4.78, 5) is 12.2. The number of methoxy groups -OCH3 is 1. The highest BCUT2D eigenvalue weighted by molar-refractivity contribution is 6.44. The number of hydrogen-bond donors (Lipinski definition) is 2. The summed E-state index contributed by atoms with van der Waals surface area (Å²) in [5, 5.41) is 7.49. The maximum absolute atomic E-state index is 12.2. The Morgan fingerprint density at radius 1 is 1.03 bits per heavy atom. The maximum Gasteiger partial charge on any atom is 0.262 e. The molecule has 3 rings (SSSR count). The zero-order chi connectivity index (χ0) is 21.3. The van der Waals surface area contributed by atoms with Gasteiger partial charge in [0.05, 0.1) is 34.7 Å². The number of carbonyl (C=O) groups is 1. The van der Waals surface area contributed by atoms with Gasteiger partial charge >= 0.3 is 0 Å². The molecule has 8 heteroatoms. The molecule has 0 aliphatic carbocycles.